The van der Waals surface area contributed by atoms with Crippen LogP contribution in [-0.4, -0.2) is 19.1 Å². The summed E-state index contributed by atoms with van der Waals surface area (Å²) in [6, 6.07) is 78.1. The minimum Gasteiger partial charge on any atom is -0.309 e. The number of fused-ring (bicyclic) bond motifs is 7. The van der Waals surface area contributed by atoms with E-state index in [0.29, 0.717) is 5.82 Å². The maximum absolute atomic E-state index is 5.09. The molecule has 0 radical (unpaired) electrons. The number of para-hydroxylation sites is 2. The smallest absolute Gasteiger partial charge is 0.160 e. The summed E-state index contributed by atoms with van der Waals surface area (Å²) in [5, 5.41) is 7.41. The molecule has 0 fully saturated rings. The van der Waals surface area contributed by atoms with Crippen molar-refractivity contribution < 1.29 is 0 Å². The molecule has 0 unspecified atom stereocenters. The fourth-order valence-electron chi connectivity index (χ4n) is 9.09. The van der Waals surface area contributed by atoms with Crippen LogP contribution < -0.4 is 0 Å². The van der Waals surface area contributed by atoms with Crippen molar-refractivity contribution in [2.75, 3.05) is 0 Å². The minimum atomic E-state index is 0.710. The summed E-state index contributed by atoms with van der Waals surface area (Å²) in [4.78, 5) is 10.1. The van der Waals surface area contributed by atoms with Crippen molar-refractivity contribution in [3.8, 4) is 56.4 Å². The molecule has 0 bridgehead atoms. The van der Waals surface area contributed by atoms with E-state index in [4.69, 9.17) is 9.97 Å². The Bertz CT molecular complexity index is 3520. The molecule has 0 N–H and O–H groups in total. The van der Waals surface area contributed by atoms with Crippen molar-refractivity contribution in [2.45, 2.75) is 0 Å². The van der Waals surface area contributed by atoms with Crippen LogP contribution in [0.1, 0.15) is 0 Å². The Kier molecular flexibility index (Phi) is 7.82. The third kappa shape index (κ3) is 5.53. The third-order valence-corrected chi connectivity index (χ3v) is 11.9. The van der Waals surface area contributed by atoms with Crippen LogP contribution in [0.2, 0.25) is 0 Å². The predicted molar refractivity (Wildman–Crippen MR) is 250 cm³/mol. The van der Waals surface area contributed by atoms with E-state index in [0.717, 1.165) is 39.3 Å². The van der Waals surface area contributed by atoms with Gasteiger partial charge in [0.25, 0.3) is 0 Å². The van der Waals surface area contributed by atoms with E-state index < -0.39 is 0 Å². The average molecular weight is 765 g/mol. The molecule has 60 heavy (non-hydrogen) atoms. The van der Waals surface area contributed by atoms with E-state index in [-0.39, 0.29) is 0 Å². The molecule has 9 aromatic carbocycles. The van der Waals surface area contributed by atoms with Crippen molar-refractivity contribution in [3.63, 3.8) is 0 Å². The average Bonchev–Trinajstić information content (AvgIpc) is 3.84. The second-order valence-corrected chi connectivity index (χ2v) is 15.4. The summed E-state index contributed by atoms with van der Waals surface area (Å²) in [6.45, 7) is 0. The van der Waals surface area contributed by atoms with Gasteiger partial charge in [-0.1, -0.05) is 170 Å². The minimum absolute atomic E-state index is 0.710. The SMILES string of the molecule is c1ccc(-c2cc(-c3ccc(-n4c5ccccc5c5ccc(-c6ccc7c8ccccc8n(-c8cccc9ccccc89)c7c6)cc54)cc3)nc(-c3ccccc3)n2)cc1. The lowest BCUT2D eigenvalue weighted by Gasteiger charge is -2.13. The van der Waals surface area contributed by atoms with Crippen LogP contribution in [0.5, 0.6) is 0 Å². The summed E-state index contributed by atoms with van der Waals surface area (Å²) in [5.41, 5.74) is 14.2. The molecule has 4 nitrogen and oxygen atoms in total. The zero-order chi connectivity index (χ0) is 39.6. The molecule has 0 aliphatic heterocycles. The number of benzene rings is 9. The Balaban J connectivity index is 0.998. The van der Waals surface area contributed by atoms with Crippen molar-refractivity contribution in [2.24, 2.45) is 0 Å². The van der Waals surface area contributed by atoms with Gasteiger partial charge in [-0.05, 0) is 65.0 Å². The Hall–Kier alpha value is -8.08. The Morgan fingerprint density at radius 2 is 0.750 bits per heavy atom. The molecule has 0 spiro atoms. The first-order chi connectivity index (χ1) is 29.7. The van der Waals surface area contributed by atoms with Crippen LogP contribution >= 0.6 is 0 Å². The fraction of sp³-hybridized carbons (Fsp3) is 0. The highest BCUT2D eigenvalue weighted by Gasteiger charge is 2.18. The molecule has 4 heteroatoms. The van der Waals surface area contributed by atoms with E-state index >= 15 is 0 Å². The monoisotopic (exact) mass is 764 g/mol. The molecule has 0 saturated carbocycles. The topological polar surface area (TPSA) is 35.6 Å². The van der Waals surface area contributed by atoms with Gasteiger partial charge in [-0.25, -0.2) is 9.97 Å². The first kappa shape index (κ1) is 34.0. The molecule has 3 heterocycles. The Morgan fingerprint density at radius 3 is 1.40 bits per heavy atom. The largest absolute Gasteiger partial charge is 0.309 e. The summed E-state index contributed by atoms with van der Waals surface area (Å²) in [7, 11) is 0. The van der Waals surface area contributed by atoms with Crippen LogP contribution in [0.3, 0.4) is 0 Å². The molecule has 12 rings (SSSR count). The van der Waals surface area contributed by atoms with Crippen LogP contribution in [0.4, 0.5) is 0 Å². The molecule has 3 aromatic heterocycles. The number of hydrogen-bond donors (Lipinski definition) is 0. The van der Waals surface area contributed by atoms with Gasteiger partial charge in [0.15, 0.2) is 5.82 Å². The normalized spacial score (nSPS) is 11.7. The highest BCUT2D eigenvalue weighted by Crippen LogP contribution is 2.39. The molecular formula is C56H36N4. The van der Waals surface area contributed by atoms with Crippen molar-refractivity contribution >= 4 is 54.4 Å². The molecule has 12 aromatic rings. The number of nitrogens with zero attached hydrogens (tertiary/aromatic N) is 4. The van der Waals surface area contributed by atoms with E-state index in [9.17, 15) is 0 Å². The number of aromatic nitrogens is 4. The second-order valence-electron chi connectivity index (χ2n) is 15.4. The number of hydrogen-bond acceptors (Lipinski definition) is 2. The zero-order valence-electron chi connectivity index (χ0n) is 32.6. The van der Waals surface area contributed by atoms with Crippen LogP contribution in [0, 0.1) is 0 Å². The van der Waals surface area contributed by atoms with Crippen LogP contribution in [0.15, 0.2) is 218 Å². The Labute approximate surface area is 346 Å². The molecule has 280 valence electrons. The lowest BCUT2D eigenvalue weighted by molar-refractivity contribution is 1.17. The molecule has 0 atom stereocenters. The molecular weight excluding hydrogens is 729 g/mol. The standard InChI is InChI=1S/C56H36N4/c1-3-15-38(16-4-1)49-36-50(58-56(57-49)40-17-5-2-6-18-40)39-26-30-43(31-27-39)59-52-23-11-9-21-45(52)47-32-28-41(34-54(47)59)42-29-33-48-46-22-10-12-24-53(46)60(55(48)35-42)51-25-13-19-37-14-7-8-20-44(37)51/h1-36H. The van der Waals surface area contributed by atoms with Gasteiger partial charge in [0, 0.05) is 49.3 Å². The third-order valence-electron chi connectivity index (χ3n) is 11.9. The van der Waals surface area contributed by atoms with Gasteiger partial charge in [-0.3, -0.25) is 0 Å². The molecule has 0 amide bonds. The fourth-order valence-corrected chi connectivity index (χ4v) is 9.09. The highest BCUT2D eigenvalue weighted by atomic mass is 15.0. The highest BCUT2D eigenvalue weighted by molar-refractivity contribution is 6.13. The van der Waals surface area contributed by atoms with E-state index in [1.165, 1.54) is 65.7 Å². The van der Waals surface area contributed by atoms with Gasteiger partial charge >= 0.3 is 0 Å². The van der Waals surface area contributed by atoms with E-state index in [1.807, 2.05) is 24.3 Å². The van der Waals surface area contributed by atoms with Gasteiger partial charge in [0.05, 0.1) is 39.1 Å². The maximum atomic E-state index is 5.09. The van der Waals surface area contributed by atoms with Gasteiger partial charge < -0.3 is 9.13 Å². The maximum Gasteiger partial charge on any atom is 0.160 e. The predicted octanol–water partition coefficient (Wildman–Crippen LogP) is 14.5. The van der Waals surface area contributed by atoms with Gasteiger partial charge in [-0.15, -0.1) is 0 Å². The van der Waals surface area contributed by atoms with Crippen molar-refractivity contribution in [1.29, 1.82) is 0 Å². The summed E-state index contributed by atoms with van der Waals surface area (Å²) >= 11 is 0. The van der Waals surface area contributed by atoms with Crippen LogP contribution in [0.25, 0.3) is 111 Å². The molecule has 0 saturated heterocycles. The zero-order valence-corrected chi connectivity index (χ0v) is 32.6. The lowest BCUT2D eigenvalue weighted by Crippen LogP contribution is -1.97. The summed E-state index contributed by atoms with van der Waals surface area (Å²) < 4.78 is 4.84. The van der Waals surface area contributed by atoms with E-state index in [2.05, 4.69) is 203 Å². The summed E-state index contributed by atoms with van der Waals surface area (Å²) in [6.07, 6.45) is 0. The number of rotatable bonds is 6. The van der Waals surface area contributed by atoms with Crippen molar-refractivity contribution in [1.82, 2.24) is 19.1 Å². The summed E-state index contributed by atoms with van der Waals surface area (Å²) in [5.74, 6) is 0.710. The first-order valence-corrected chi connectivity index (χ1v) is 20.4. The second kappa shape index (κ2) is 13.8. The molecule has 0 aliphatic rings. The molecule has 0 aliphatic carbocycles. The quantitative estimate of drug-likeness (QED) is 0.169. The van der Waals surface area contributed by atoms with E-state index in [1.54, 1.807) is 0 Å². The van der Waals surface area contributed by atoms with Crippen LogP contribution in [-0.2, 0) is 0 Å². The van der Waals surface area contributed by atoms with Gasteiger partial charge in [0.2, 0.25) is 0 Å². The first-order valence-electron chi connectivity index (χ1n) is 20.4. The van der Waals surface area contributed by atoms with Gasteiger partial charge in [-0.2, -0.15) is 0 Å². The van der Waals surface area contributed by atoms with Crippen molar-refractivity contribution in [3.05, 3.63) is 218 Å². The van der Waals surface area contributed by atoms with Gasteiger partial charge in [0.1, 0.15) is 0 Å². The lowest BCUT2D eigenvalue weighted by atomic mass is 10.0. The Morgan fingerprint density at radius 1 is 0.283 bits per heavy atom.